The van der Waals surface area contributed by atoms with Crippen molar-refractivity contribution >= 4 is 34.4 Å². The van der Waals surface area contributed by atoms with E-state index in [1.807, 2.05) is 91.0 Å². The van der Waals surface area contributed by atoms with Crippen LogP contribution in [0.25, 0.3) is 0 Å². The van der Waals surface area contributed by atoms with Crippen molar-refractivity contribution in [3.8, 4) is 0 Å². The Kier molecular flexibility index (Phi) is 28.5. The van der Waals surface area contributed by atoms with Gasteiger partial charge in [-0.05, 0) is 72.9 Å². The Morgan fingerprint density at radius 3 is 0.812 bits per heavy atom. The van der Waals surface area contributed by atoms with E-state index in [0.29, 0.717) is 34.0 Å². The van der Waals surface area contributed by atoms with Gasteiger partial charge in [-0.15, -0.1) is 0 Å². The number of methoxy groups -OCH3 is 3. The van der Waals surface area contributed by atoms with E-state index in [0.717, 1.165) is 17.1 Å². The van der Waals surface area contributed by atoms with Gasteiger partial charge in [0, 0.05) is 52.4 Å². The van der Waals surface area contributed by atoms with Gasteiger partial charge in [-0.25, -0.2) is 0 Å². The number of hydrogen-bond acceptors (Lipinski definition) is 18. The van der Waals surface area contributed by atoms with Crippen molar-refractivity contribution in [2.24, 2.45) is 0 Å². The third-order valence-corrected chi connectivity index (χ3v) is 7.19. The van der Waals surface area contributed by atoms with Crippen LogP contribution in [-0.2, 0) is 28.6 Å². The predicted octanol–water partition coefficient (Wildman–Crippen LogP) is 7.24. The van der Waals surface area contributed by atoms with Crippen LogP contribution in [0.15, 0.2) is 198 Å². The number of nitrogens with one attached hydrogen (secondary N) is 3. The standard InChI is InChI=1S/3C14H13NO2.La.3NO3/c3*1-17-13-9-5-6-11(14(13)16)10-15-12-7-3-2-4-8-12;;3*2-1(3)4/h3*2-10,15H,1H3;;;;/q;;;+3;3*-1/b3*11-10-;;;;. The molecule has 21 nitrogen and oxygen atoms in total. The number of carbonyl (C=O) groups excluding carboxylic acids is 3. The Morgan fingerprint density at radius 1 is 0.422 bits per heavy atom. The zero-order chi connectivity index (χ0) is 47.0. The van der Waals surface area contributed by atoms with Gasteiger partial charge in [0.25, 0.3) is 0 Å². The van der Waals surface area contributed by atoms with Crippen LogP contribution in [-0.4, -0.2) is 53.9 Å². The van der Waals surface area contributed by atoms with Gasteiger partial charge in [0.15, 0.2) is 17.3 Å². The molecule has 0 saturated carbocycles. The van der Waals surface area contributed by atoms with Crippen LogP contribution in [0.4, 0.5) is 17.1 Å². The number of Topliss-reactive ketones (excluding diaryl/α,β-unsaturated/α-hetero) is 3. The molecule has 0 atom stereocenters. The summed E-state index contributed by atoms with van der Waals surface area (Å²) in [4.78, 5) is 60.2. The van der Waals surface area contributed by atoms with Crippen LogP contribution in [0.3, 0.4) is 0 Å². The Morgan fingerprint density at radius 2 is 0.625 bits per heavy atom. The van der Waals surface area contributed by atoms with E-state index in [4.69, 9.17) is 60.2 Å². The van der Waals surface area contributed by atoms with Crippen LogP contribution < -0.4 is 16.0 Å². The van der Waals surface area contributed by atoms with Crippen molar-refractivity contribution < 1.29 is 79.5 Å². The van der Waals surface area contributed by atoms with Gasteiger partial charge >= 0.3 is 35.6 Å². The zero-order valence-corrected chi connectivity index (χ0v) is 37.8. The SMILES string of the molecule is COC1=CC=C/C(=C/Nc2ccccc2)C1=O.COC1=CC=C/C(=C/Nc2ccccc2)C1=O.COC1=CC=C/C(=C/Nc2ccccc2)C1=O.O=[N+]([O-])[O-].O=[N+]([O-])[O-].O=[N+]([O-])[O-].[La+3]. The van der Waals surface area contributed by atoms with Crippen LogP contribution in [0.2, 0.25) is 0 Å². The smallest absolute Gasteiger partial charge is 0.493 e. The van der Waals surface area contributed by atoms with Crippen LogP contribution >= 0.6 is 0 Å². The second-order valence-corrected chi connectivity index (χ2v) is 11.3. The molecule has 330 valence electrons. The Bertz CT molecular complexity index is 2020. The Hall–Kier alpha value is -8.08. The van der Waals surface area contributed by atoms with Crippen molar-refractivity contribution in [1.82, 2.24) is 0 Å². The van der Waals surface area contributed by atoms with Gasteiger partial charge in [-0.3, -0.25) is 14.4 Å². The van der Waals surface area contributed by atoms with E-state index >= 15 is 0 Å². The van der Waals surface area contributed by atoms with Crippen LogP contribution in [0.5, 0.6) is 0 Å². The normalized spacial score (nSPS) is 14.6. The maximum atomic E-state index is 11.8. The van der Waals surface area contributed by atoms with Gasteiger partial charge in [0.1, 0.15) is 0 Å². The summed E-state index contributed by atoms with van der Waals surface area (Å²) in [6.07, 6.45) is 20.6. The molecule has 0 amide bonds. The molecule has 3 aliphatic carbocycles. The molecule has 0 aliphatic heterocycles. The molecule has 0 heterocycles. The van der Waals surface area contributed by atoms with Gasteiger partial charge in [-0.2, -0.15) is 0 Å². The van der Waals surface area contributed by atoms with Crippen LogP contribution in [0.1, 0.15) is 0 Å². The molecule has 3 aromatic carbocycles. The number of allylic oxidation sites excluding steroid dienone is 12. The minimum absolute atomic E-state index is 0. The summed E-state index contributed by atoms with van der Waals surface area (Å²) in [5.41, 5.74) is 4.55. The maximum Gasteiger partial charge on any atom is 3.00 e. The van der Waals surface area contributed by atoms with E-state index in [-0.39, 0.29) is 52.9 Å². The minimum Gasteiger partial charge on any atom is -0.493 e. The van der Waals surface area contributed by atoms with Crippen molar-refractivity contribution in [2.75, 3.05) is 37.3 Å². The summed E-state index contributed by atoms with van der Waals surface area (Å²) in [5, 5.41) is 53.5. The van der Waals surface area contributed by atoms with E-state index < -0.39 is 15.3 Å². The fourth-order valence-corrected chi connectivity index (χ4v) is 4.51. The number of rotatable bonds is 9. The summed E-state index contributed by atoms with van der Waals surface area (Å²) in [6.45, 7) is 0. The summed E-state index contributed by atoms with van der Waals surface area (Å²) in [6, 6.07) is 29.0. The summed E-state index contributed by atoms with van der Waals surface area (Å²) in [7, 11) is 4.47. The van der Waals surface area contributed by atoms with Gasteiger partial charge < -0.3 is 76.1 Å². The maximum absolute atomic E-state index is 11.8. The number of carbonyl (C=O) groups is 3. The number of nitrogens with zero attached hydrogens (tertiary/aromatic N) is 3. The molecule has 3 aromatic rings. The molecule has 22 heteroatoms. The molecule has 3 aliphatic rings. The largest absolute Gasteiger partial charge is 3.00 e. The average molecular weight is 1010 g/mol. The number of benzene rings is 3. The number of ketones is 3. The first-order chi connectivity index (χ1) is 30.1. The summed E-state index contributed by atoms with van der Waals surface area (Å²) in [5.74, 6) is 0.728. The molecular weight excluding hydrogens is 967 g/mol. The monoisotopic (exact) mass is 1010 g/mol. The van der Waals surface area contributed by atoms with E-state index in [1.165, 1.54) is 21.3 Å². The van der Waals surface area contributed by atoms with Crippen molar-refractivity contribution in [3.63, 3.8) is 0 Å². The van der Waals surface area contributed by atoms with E-state index in [9.17, 15) is 14.4 Å². The average Bonchev–Trinajstić information content (AvgIpc) is 3.26. The summed E-state index contributed by atoms with van der Waals surface area (Å²) < 4.78 is 14.9. The molecule has 3 N–H and O–H groups in total. The Labute approximate surface area is 393 Å². The molecule has 0 fully saturated rings. The third-order valence-electron chi connectivity index (χ3n) is 7.19. The number of anilines is 3. The molecule has 0 saturated heterocycles. The van der Waals surface area contributed by atoms with E-state index in [2.05, 4.69) is 16.0 Å². The first kappa shape index (κ1) is 55.9. The van der Waals surface area contributed by atoms with Crippen molar-refractivity contribution in [1.29, 1.82) is 0 Å². The predicted molar refractivity (Wildman–Crippen MR) is 233 cm³/mol. The molecule has 6 rings (SSSR count). The van der Waals surface area contributed by atoms with Gasteiger partial charge in [-0.1, -0.05) is 72.8 Å². The molecular formula is C42H39LaN6O15. The molecule has 64 heavy (non-hydrogen) atoms. The fraction of sp³-hybridized carbons (Fsp3) is 0.0714. The van der Waals surface area contributed by atoms with Gasteiger partial charge in [0.05, 0.1) is 36.6 Å². The first-order valence-corrected chi connectivity index (χ1v) is 17.5. The first-order valence-electron chi connectivity index (χ1n) is 17.5. The van der Waals surface area contributed by atoms with Gasteiger partial charge in [0.2, 0.25) is 17.3 Å². The fourth-order valence-electron chi connectivity index (χ4n) is 4.51. The van der Waals surface area contributed by atoms with Crippen molar-refractivity contribution in [3.05, 3.63) is 244 Å². The number of para-hydroxylation sites is 3. The van der Waals surface area contributed by atoms with Crippen LogP contribution in [0, 0.1) is 81.6 Å². The molecule has 0 unspecified atom stereocenters. The third kappa shape index (κ3) is 24.2. The molecule has 0 aromatic heterocycles. The zero-order valence-electron chi connectivity index (χ0n) is 34.1. The second-order valence-electron chi connectivity index (χ2n) is 11.3. The Balaban J connectivity index is 0.000000818. The summed E-state index contributed by atoms with van der Waals surface area (Å²) >= 11 is 0. The quantitative estimate of drug-likeness (QED) is 0.108. The second kappa shape index (κ2) is 32.7. The molecule has 0 bridgehead atoms. The number of hydrogen-bond donors (Lipinski definition) is 3. The van der Waals surface area contributed by atoms with E-state index in [1.54, 1.807) is 73.3 Å². The number of ether oxygens (including phenoxy) is 3. The molecule has 0 radical (unpaired) electrons. The minimum atomic E-state index is -1.75. The molecule has 0 spiro atoms. The topological polar surface area (TPSA) is 314 Å². The van der Waals surface area contributed by atoms with Crippen molar-refractivity contribution in [2.45, 2.75) is 0 Å².